The SMILES string of the molecule is OCCOCC(O)CCO. The number of ether oxygens (including phenoxy) is 1. The van der Waals surface area contributed by atoms with Gasteiger partial charge >= 0.3 is 0 Å². The summed E-state index contributed by atoms with van der Waals surface area (Å²) in [5.41, 5.74) is 0. The van der Waals surface area contributed by atoms with Crippen LogP contribution >= 0.6 is 0 Å². The third kappa shape index (κ3) is 5.97. The van der Waals surface area contributed by atoms with Crippen LogP contribution in [0.15, 0.2) is 0 Å². The van der Waals surface area contributed by atoms with Crippen LogP contribution in [0.5, 0.6) is 0 Å². The highest BCUT2D eigenvalue weighted by atomic mass is 16.5. The Balaban J connectivity index is 2.97. The van der Waals surface area contributed by atoms with Crippen LogP contribution in [0.1, 0.15) is 6.42 Å². The molecule has 0 aliphatic carbocycles. The van der Waals surface area contributed by atoms with Gasteiger partial charge in [0.05, 0.1) is 25.9 Å². The van der Waals surface area contributed by atoms with Gasteiger partial charge < -0.3 is 20.1 Å². The maximum absolute atomic E-state index is 8.91. The minimum Gasteiger partial charge on any atom is -0.396 e. The van der Waals surface area contributed by atoms with Crippen molar-refractivity contribution >= 4 is 0 Å². The van der Waals surface area contributed by atoms with Gasteiger partial charge in [0.25, 0.3) is 0 Å². The molecule has 0 bridgehead atoms. The van der Waals surface area contributed by atoms with Gasteiger partial charge in [0, 0.05) is 6.61 Å². The smallest absolute Gasteiger partial charge is 0.0795 e. The molecular formula is C6H14O4. The topological polar surface area (TPSA) is 69.9 Å². The molecule has 3 N–H and O–H groups in total. The van der Waals surface area contributed by atoms with Crippen molar-refractivity contribution in [3.05, 3.63) is 0 Å². The average molecular weight is 150 g/mol. The highest BCUT2D eigenvalue weighted by molar-refractivity contribution is 4.51. The van der Waals surface area contributed by atoms with Gasteiger partial charge in [0.1, 0.15) is 0 Å². The molecule has 0 rings (SSSR count). The minimum absolute atomic E-state index is 0.0359. The van der Waals surface area contributed by atoms with Crippen molar-refractivity contribution in [1.29, 1.82) is 0 Å². The van der Waals surface area contributed by atoms with Crippen molar-refractivity contribution in [3.8, 4) is 0 Å². The summed E-state index contributed by atoms with van der Waals surface area (Å²) in [7, 11) is 0. The maximum Gasteiger partial charge on any atom is 0.0795 e. The Labute approximate surface area is 60.1 Å². The number of aliphatic hydroxyl groups is 3. The van der Waals surface area contributed by atoms with Crippen LogP contribution in [0.2, 0.25) is 0 Å². The Morgan fingerprint density at radius 1 is 1.20 bits per heavy atom. The Bertz CT molecular complexity index is 66.8. The fraction of sp³-hybridized carbons (Fsp3) is 1.00. The van der Waals surface area contributed by atoms with E-state index >= 15 is 0 Å². The van der Waals surface area contributed by atoms with Gasteiger partial charge in [-0.15, -0.1) is 0 Å². The Morgan fingerprint density at radius 2 is 1.90 bits per heavy atom. The van der Waals surface area contributed by atoms with Crippen LogP contribution in [0.25, 0.3) is 0 Å². The van der Waals surface area contributed by atoms with Crippen molar-refractivity contribution in [2.45, 2.75) is 12.5 Å². The number of aliphatic hydroxyl groups excluding tert-OH is 3. The molecule has 0 aliphatic rings. The van der Waals surface area contributed by atoms with Crippen LogP contribution in [0, 0.1) is 0 Å². The van der Waals surface area contributed by atoms with E-state index in [0.29, 0.717) is 6.42 Å². The zero-order chi connectivity index (χ0) is 7.82. The summed E-state index contributed by atoms with van der Waals surface area (Å²) in [5, 5.41) is 25.5. The Kier molecular flexibility index (Phi) is 6.84. The summed E-state index contributed by atoms with van der Waals surface area (Å²) in [4.78, 5) is 0. The molecule has 0 aliphatic heterocycles. The minimum atomic E-state index is -0.614. The molecule has 4 heteroatoms. The van der Waals surface area contributed by atoms with Crippen LogP contribution in [0.3, 0.4) is 0 Å². The molecule has 0 spiro atoms. The molecule has 0 saturated carbocycles. The monoisotopic (exact) mass is 150 g/mol. The Hall–Kier alpha value is -0.160. The number of hydrogen-bond donors (Lipinski definition) is 3. The first-order chi connectivity index (χ1) is 4.81. The lowest BCUT2D eigenvalue weighted by Crippen LogP contribution is -2.17. The van der Waals surface area contributed by atoms with E-state index in [2.05, 4.69) is 0 Å². The summed E-state index contributed by atoms with van der Waals surface area (Å²) >= 11 is 0. The van der Waals surface area contributed by atoms with Crippen molar-refractivity contribution in [1.82, 2.24) is 0 Å². The molecule has 0 aromatic heterocycles. The van der Waals surface area contributed by atoms with E-state index in [0.717, 1.165) is 0 Å². The summed E-state index contributed by atoms with van der Waals surface area (Å²) in [5.74, 6) is 0. The van der Waals surface area contributed by atoms with E-state index in [1.165, 1.54) is 0 Å². The molecular weight excluding hydrogens is 136 g/mol. The first kappa shape index (κ1) is 9.84. The second kappa shape index (κ2) is 6.95. The molecule has 0 aromatic carbocycles. The van der Waals surface area contributed by atoms with E-state index < -0.39 is 6.10 Å². The fourth-order valence-electron chi connectivity index (χ4n) is 0.516. The van der Waals surface area contributed by atoms with E-state index in [9.17, 15) is 0 Å². The van der Waals surface area contributed by atoms with Gasteiger partial charge in [0.15, 0.2) is 0 Å². The van der Waals surface area contributed by atoms with Gasteiger partial charge in [-0.05, 0) is 6.42 Å². The van der Waals surface area contributed by atoms with Gasteiger partial charge in [0.2, 0.25) is 0 Å². The van der Waals surface area contributed by atoms with Gasteiger partial charge in [-0.2, -0.15) is 0 Å². The summed E-state index contributed by atoms with van der Waals surface area (Å²) in [6.07, 6.45) is -0.289. The highest BCUT2D eigenvalue weighted by Gasteiger charge is 2.01. The molecule has 0 fully saturated rings. The summed E-state index contributed by atoms with van der Waals surface area (Å²) < 4.78 is 4.79. The summed E-state index contributed by atoms with van der Waals surface area (Å²) in [6.45, 7) is 0.346. The molecule has 0 radical (unpaired) electrons. The van der Waals surface area contributed by atoms with Crippen molar-refractivity contribution in [2.75, 3.05) is 26.4 Å². The van der Waals surface area contributed by atoms with Gasteiger partial charge in [-0.3, -0.25) is 0 Å². The predicted octanol–water partition coefficient (Wildman–Crippen LogP) is -1.26. The zero-order valence-electron chi connectivity index (χ0n) is 5.86. The van der Waals surface area contributed by atoms with Crippen LogP contribution in [-0.2, 0) is 4.74 Å². The first-order valence-corrected chi connectivity index (χ1v) is 3.28. The zero-order valence-corrected chi connectivity index (χ0v) is 5.86. The largest absolute Gasteiger partial charge is 0.396 e. The summed E-state index contributed by atoms with van der Waals surface area (Å²) in [6, 6.07) is 0. The van der Waals surface area contributed by atoms with Crippen molar-refractivity contribution in [2.24, 2.45) is 0 Å². The van der Waals surface area contributed by atoms with E-state index in [-0.39, 0.29) is 26.4 Å². The standard InChI is InChI=1S/C6H14O4/c7-2-1-6(9)5-10-4-3-8/h6-9H,1-5H2. The van der Waals surface area contributed by atoms with Gasteiger partial charge in [-0.25, -0.2) is 0 Å². The maximum atomic E-state index is 8.91. The molecule has 0 heterocycles. The lowest BCUT2D eigenvalue weighted by molar-refractivity contribution is 0.0114. The lowest BCUT2D eigenvalue weighted by atomic mass is 10.3. The predicted molar refractivity (Wildman–Crippen MR) is 35.6 cm³/mol. The molecule has 4 nitrogen and oxygen atoms in total. The van der Waals surface area contributed by atoms with E-state index in [4.69, 9.17) is 20.1 Å². The van der Waals surface area contributed by atoms with Gasteiger partial charge in [-0.1, -0.05) is 0 Å². The third-order valence-corrected chi connectivity index (χ3v) is 1.01. The quantitative estimate of drug-likeness (QED) is 0.413. The highest BCUT2D eigenvalue weighted by Crippen LogP contribution is 1.90. The van der Waals surface area contributed by atoms with E-state index in [1.807, 2.05) is 0 Å². The average Bonchev–Trinajstić information content (AvgIpc) is 1.89. The van der Waals surface area contributed by atoms with Crippen molar-refractivity contribution in [3.63, 3.8) is 0 Å². The molecule has 62 valence electrons. The lowest BCUT2D eigenvalue weighted by Gasteiger charge is -2.07. The fourth-order valence-corrected chi connectivity index (χ4v) is 0.516. The molecule has 1 atom stereocenters. The normalized spacial score (nSPS) is 13.5. The molecule has 0 aromatic rings. The van der Waals surface area contributed by atoms with Crippen molar-refractivity contribution < 1.29 is 20.1 Å². The molecule has 0 saturated heterocycles. The molecule has 10 heavy (non-hydrogen) atoms. The van der Waals surface area contributed by atoms with E-state index in [1.54, 1.807) is 0 Å². The van der Waals surface area contributed by atoms with Crippen LogP contribution < -0.4 is 0 Å². The second-order valence-corrected chi connectivity index (χ2v) is 1.96. The Morgan fingerprint density at radius 3 is 2.40 bits per heavy atom. The van der Waals surface area contributed by atoms with Crippen LogP contribution in [0.4, 0.5) is 0 Å². The van der Waals surface area contributed by atoms with Crippen LogP contribution in [-0.4, -0.2) is 47.9 Å². The third-order valence-electron chi connectivity index (χ3n) is 1.01. The number of hydrogen-bond acceptors (Lipinski definition) is 4. The molecule has 1 unspecified atom stereocenters. The second-order valence-electron chi connectivity index (χ2n) is 1.96. The molecule has 0 amide bonds. The number of rotatable bonds is 6. The first-order valence-electron chi connectivity index (χ1n) is 3.28.